The average Bonchev–Trinajstić information content (AvgIpc) is 3.19. The molecule has 7 heteroatoms. The second kappa shape index (κ2) is 8.23. The van der Waals surface area contributed by atoms with Crippen LogP contribution < -0.4 is 10.6 Å². The van der Waals surface area contributed by atoms with E-state index in [-0.39, 0.29) is 6.04 Å². The maximum absolute atomic E-state index is 13.7. The zero-order chi connectivity index (χ0) is 20.4. The van der Waals surface area contributed by atoms with Crippen LogP contribution in [0.2, 0.25) is 0 Å². The molecular weight excluding hydrogens is 385 g/mol. The van der Waals surface area contributed by atoms with Gasteiger partial charge in [-0.2, -0.15) is 4.39 Å². The summed E-state index contributed by atoms with van der Waals surface area (Å²) in [6, 6.07) is 14.1. The van der Waals surface area contributed by atoms with E-state index in [1.54, 1.807) is 11.3 Å². The fraction of sp³-hybridized carbons (Fsp3) is 0.227. The second-order valence-electron chi connectivity index (χ2n) is 6.90. The summed E-state index contributed by atoms with van der Waals surface area (Å²) in [5, 5.41) is 7.28. The van der Waals surface area contributed by atoms with E-state index in [0.717, 1.165) is 6.54 Å². The highest BCUT2D eigenvalue weighted by Gasteiger charge is 2.15. The van der Waals surface area contributed by atoms with E-state index in [1.165, 1.54) is 33.1 Å². The molecule has 0 spiro atoms. The maximum atomic E-state index is 13.7. The number of fused-ring (bicyclic) bond motifs is 1. The Kier molecular flexibility index (Phi) is 5.51. The molecule has 0 aliphatic carbocycles. The zero-order valence-corrected chi connectivity index (χ0v) is 17.3. The molecule has 3 heterocycles. The van der Waals surface area contributed by atoms with Crippen molar-refractivity contribution in [1.29, 1.82) is 0 Å². The first-order valence-electron chi connectivity index (χ1n) is 9.44. The number of nitrogens with zero attached hydrogens (tertiary/aromatic N) is 3. The Hall–Kier alpha value is -2.90. The van der Waals surface area contributed by atoms with E-state index in [9.17, 15) is 4.39 Å². The van der Waals surface area contributed by atoms with Gasteiger partial charge in [-0.1, -0.05) is 24.3 Å². The molecule has 5 nitrogen and oxygen atoms in total. The van der Waals surface area contributed by atoms with Crippen molar-refractivity contribution in [2.45, 2.75) is 26.4 Å². The highest BCUT2D eigenvalue weighted by Crippen LogP contribution is 2.35. The Balaban J connectivity index is 1.63. The molecule has 29 heavy (non-hydrogen) atoms. The smallest absolute Gasteiger partial charge is 0.213 e. The van der Waals surface area contributed by atoms with Crippen LogP contribution >= 0.6 is 11.3 Å². The molecule has 0 aliphatic rings. The van der Waals surface area contributed by atoms with Crippen molar-refractivity contribution >= 4 is 28.1 Å². The van der Waals surface area contributed by atoms with Crippen LogP contribution in [0.5, 0.6) is 0 Å². The summed E-state index contributed by atoms with van der Waals surface area (Å²) in [5.74, 6) is 0.695. The molecule has 1 unspecified atom stereocenters. The van der Waals surface area contributed by atoms with Gasteiger partial charge in [0, 0.05) is 27.8 Å². The summed E-state index contributed by atoms with van der Waals surface area (Å²) in [5.41, 5.74) is 3.13. The van der Waals surface area contributed by atoms with E-state index < -0.39 is 5.95 Å². The largest absolute Gasteiger partial charge is 0.362 e. The molecule has 1 atom stereocenters. The van der Waals surface area contributed by atoms with E-state index in [4.69, 9.17) is 0 Å². The highest BCUT2D eigenvalue weighted by atomic mass is 32.1. The number of hydrogen-bond acceptors (Lipinski definition) is 6. The van der Waals surface area contributed by atoms with Gasteiger partial charge in [-0.05, 0) is 44.2 Å². The van der Waals surface area contributed by atoms with Crippen molar-refractivity contribution in [3.8, 4) is 10.4 Å². The number of anilines is 1. The van der Waals surface area contributed by atoms with Crippen LogP contribution in [0, 0.1) is 12.9 Å². The van der Waals surface area contributed by atoms with E-state index in [0.29, 0.717) is 22.5 Å². The van der Waals surface area contributed by atoms with Gasteiger partial charge in [0.25, 0.3) is 0 Å². The monoisotopic (exact) mass is 407 g/mol. The molecule has 0 aliphatic heterocycles. The van der Waals surface area contributed by atoms with Gasteiger partial charge in [-0.3, -0.25) is 0 Å². The molecule has 0 saturated carbocycles. The lowest BCUT2D eigenvalue weighted by Gasteiger charge is -2.15. The lowest BCUT2D eigenvalue weighted by atomic mass is 10.1. The third-order valence-electron chi connectivity index (χ3n) is 4.72. The van der Waals surface area contributed by atoms with Crippen LogP contribution in [0.25, 0.3) is 21.3 Å². The minimum atomic E-state index is -0.541. The number of aryl methyl sites for hydroxylation is 1. The number of nitrogens with one attached hydrogen (secondary N) is 2. The van der Waals surface area contributed by atoms with Crippen molar-refractivity contribution in [2.75, 3.05) is 12.4 Å². The van der Waals surface area contributed by atoms with Crippen LogP contribution in [0.3, 0.4) is 0 Å². The van der Waals surface area contributed by atoms with Crippen LogP contribution in [0.4, 0.5) is 10.2 Å². The van der Waals surface area contributed by atoms with E-state index >= 15 is 0 Å². The number of rotatable bonds is 6. The van der Waals surface area contributed by atoms with Crippen molar-refractivity contribution in [3.05, 3.63) is 70.9 Å². The third kappa shape index (κ3) is 4.11. The summed E-state index contributed by atoms with van der Waals surface area (Å²) in [6.07, 6.45) is 1.44. The van der Waals surface area contributed by atoms with Gasteiger partial charge in [0.15, 0.2) is 0 Å². The van der Waals surface area contributed by atoms with Gasteiger partial charge in [0.2, 0.25) is 5.95 Å². The number of benzene rings is 1. The van der Waals surface area contributed by atoms with Crippen molar-refractivity contribution in [2.24, 2.45) is 0 Å². The van der Waals surface area contributed by atoms with Gasteiger partial charge in [-0.15, -0.1) is 11.3 Å². The summed E-state index contributed by atoms with van der Waals surface area (Å²) in [4.78, 5) is 14.9. The lowest BCUT2D eigenvalue weighted by Crippen LogP contribution is -2.08. The van der Waals surface area contributed by atoms with Gasteiger partial charge in [-0.25, -0.2) is 15.0 Å². The summed E-state index contributed by atoms with van der Waals surface area (Å²) in [6.45, 7) is 4.72. The third-order valence-corrected chi connectivity index (χ3v) is 6.02. The predicted octanol–water partition coefficient (Wildman–Crippen LogP) is 5.09. The molecule has 4 aromatic rings. The Morgan fingerprint density at radius 2 is 1.97 bits per heavy atom. The van der Waals surface area contributed by atoms with Gasteiger partial charge in [0.05, 0.1) is 17.8 Å². The molecule has 0 saturated heterocycles. The molecule has 3 aromatic heterocycles. The molecule has 0 bridgehead atoms. The fourth-order valence-corrected chi connectivity index (χ4v) is 4.42. The first kappa shape index (κ1) is 19.4. The Morgan fingerprint density at radius 1 is 1.14 bits per heavy atom. The number of pyridine rings is 1. The molecule has 0 amide bonds. The Labute approximate surface area is 173 Å². The van der Waals surface area contributed by atoms with Crippen LogP contribution in [-0.2, 0) is 6.54 Å². The van der Waals surface area contributed by atoms with Crippen molar-refractivity contribution < 1.29 is 4.39 Å². The van der Waals surface area contributed by atoms with E-state index in [1.807, 2.05) is 14.0 Å². The zero-order valence-electron chi connectivity index (χ0n) is 16.5. The SMILES string of the molecule is CNCc1ccccc1-c1ccc(C(C)Nc2nc(C)nc3cnc(F)cc23)s1. The molecule has 0 radical (unpaired) electrons. The van der Waals surface area contributed by atoms with Gasteiger partial charge in [0.1, 0.15) is 11.6 Å². The van der Waals surface area contributed by atoms with Crippen molar-refractivity contribution in [3.63, 3.8) is 0 Å². The first-order chi connectivity index (χ1) is 14.0. The second-order valence-corrected chi connectivity index (χ2v) is 8.01. The molecule has 2 N–H and O–H groups in total. The van der Waals surface area contributed by atoms with Crippen LogP contribution in [-0.4, -0.2) is 22.0 Å². The Morgan fingerprint density at radius 3 is 2.79 bits per heavy atom. The van der Waals surface area contributed by atoms with Crippen LogP contribution in [0.15, 0.2) is 48.7 Å². The fourth-order valence-electron chi connectivity index (χ4n) is 3.34. The summed E-state index contributed by atoms with van der Waals surface area (Å²) < 4.78 is 13.7. The minimum absolute atomic E-state index is 0.0129. The number of hydrogen-bond donors (Lipinski definition) is 2. The number of thiophene rings is 1. The Bertz CT molecular complexity index is 1160. The number of aromatic nitrogens is 3. The van der Waals surface area contributed by atoms with Gasteiger partial charge < -0.3 is 10.6 Å². The predicted molar refractivity (Wildman–Crippen MR) is 117 cm³/mol. The topological polar surface area (TPSA) is 62.7 Å². The standard InChI is InChI=1S/C22H22FN5S/c1-13(26-22-17-10-21(23)25-12-18(17)27-14(2)28-22)19-8-9-20(29-19)16-7-5-4-6-15(16)11-24-3/h4-10,12-13,24H,11H2,1-3H3,(H,26,27,28). The first-order valence-corrected chi connectivity index (χ1v) is 10.3. The van der Waals surface area contributed by atoms with Crippen molar-refractivity contribution in [1.82, 2.24) is 20.3 Å². The molecular formula is C22H22FN5S. The highest BCUT2D eigenvalue weighted by molar-refractivity contribution is 7.15. The average molecular weight is 408 g/mol. The number of halogens is 1. The van der Waals surface area contributed by atoms with E-state index in [2.05, 4.69) is 68.9 Å². The molecule has 148 valence electrons. The minimum Gasteiger partial charge on any atom is -0.362 e. The van der Waals surface area contributed by atoms with Crippen LogP contribution in [0.1, 0.15) is 29.2 Å². The summed E-state index contributed by atoms with van der Waals surface area (Å²) >= 11 is 1.75. The lowest BCUT2D eigenvalue weighted by molar-refractivity contribution is 0.586. The quantitative estimate of drug-likeness (QED) is 0.436. The molecule has 1 aromatic carbocycles. The normalized spacial score (nSPS) is 12.3. The maximum Gasteiger partial charge on any atom is 0.213 e. The summed E-state index contributed by atoms with van der Waals surface area (Å²) in [7, 11) is 1.95. The molecule has 4 rings (SSSR count). The van der Waals surface area contributed by atoms with Gasteiger partial charge >= 0.3 is 0 Å². The molecule has 0 fully saturated rings.